The van der Waals surface area contributed by atoms with Crippen molar-refractivity contribution in [2.24, 2.45) is 7.05 Å². The van der Waals surface area contributed by atoms with Crippen molar-refractivity contribution in [2.75, 3.05) is 20.3 Å². The van der Waals surface area contributed by atoms with E-state index in [2.05, 4.69) is 5.10 Å². The number of hydrogen-bond donors (Lipinski definition) is 0. The SMILES string of the molecule is COC[C@H]1CN(C(=O)c2ccc(C)o2)Cc2cnn(C)c21. The molecule has 0 aliphatic carbocycles. The highest BCUT2D eigenvalue weighted by Crippen LogP contribution is 2.29. The van der Waals surface area contributed by atoms with Crippen molar-refractivity contribution >= 4 is 5.91 Å². The largest absolute Gasteiger partial charge is 0.456 e. The second-order valence-electron chi connectivity index (χ2n) is 5.43. The van der Waals surface area contributed by atoms with E-state index in [1.807, 2.05) is 24.9 Å². The molecule has 0 spiro atoms. The fourth-order valence-corrected chi connectivity index (χ4v) is 2.96. The van der Waals surface area contributed by atoms with Gasteiger partial charge in [0, 0.05) is 38.7 Å². The maximum Gasteiger partial charge on any atom is 0.289 e. The van der Waals surface area contributed by atoms with Gasteiger partial charge in [-0.25, -0.2) is 0 Å². The number of fused-ring (bicyclic) bond motifs is 1. The Morgan fingerprint density at radius 2 is 2.33 bits per heavy atom. The van der Waals surface area contributed by atoms with Gasteiger partial charge in [0.05, 0.1) is 18.5 Å². The summed E-state index contributed by atoms with van der Waals surface area (Å²) in [6.07, 6.45) is 1.82. The van der Waals surface area contributed by atoms with E-state index in [1.54, 1.807) is 24.1 Å². The molecule has 3 heterocycles. The molecule has 21 heavy (non-hydrogen) atoms. The summed E-state index contributed by atoms with van der Waals surface area (Å²) in [6.45, 7) is 3.56. The minimum atomic E-state index is -0.0845. The van der Waals surface area contributed by atoms with Gasteiger partial charge in [-0.05, 0) is 19.1 Å². The Balaban J connectivity index is 1.87. The number of ether oxygens (including phenoxy) is 1. The van der Waals surface area contributed by atoms with E-state index in [9.17, 15) is 4.79 Å². The molecule has 2 aromatic rings. The molecule has 6 nitrogen and oxygen atoms in total. The predicted octanol–water partition coefficient (Wildman–Crippen LogP) is 1.71. The molecule has 0 radical (unpaired) electrons. The second-order valence-corrected chi connectivity index (χ2v) is 5.43. The van der Waals surface area contributed by atoms with Crippen LogP contribution in [-0.4, -0.2) is 40.8 Å². The van der Waals surface area contributed by atoms with Crippen LogP contribution in [0.25, 0.3) is 0 Å². The fourth-order valence-electron chi connectivity index (χ4n) is 2.96. The van der Waals surface area contributed by atoms with Crippen LogP contribution < -0.4 is 0 Å². The van der Waals surface area contributed by atoms with Gasteiger partial charge in [-0.3, -0.25) is 9.48 Å². The Morgan fingerprint density at radius 1 is 1.52 bits per heavy atom. The van der Waals surface area contributed by atoms with Gasteiger partial charge in [0.1, 0.15) is 5.76 Å². The Labute approximate surface area is 123 Å². The van der Waals surface area contributed by atoms with Crippen LogP contribution in [0.1, 0.15) is 33.5 Å². The summed E-state index contributed by atoms with van der Waals surface area (Å²) in [5.74, 6) is 1.17. The standard InChI is InChI=1S/C15H19N3O3/c1-10-4-5-13(21-10)15(19)18-7-11-6-16-17(2)14(11)12(8-18)9-20-3/h4-6,12H,7-9H2,1-3H3/t12-/m1/s1. The topological polar surface area (TPSA) is 60.5 Å². The number of aryl methyl sites for hydroxylation is 2. The van der Waals surface area contributed by atoms with E-state index in [4.69, 9.17) is 9.15 Å². The van der Waals surface area contributed by atoms with Crippen molar-refractivity contribution in [1.29, 1.82) is 0 Å². The Morgan fingerprint density at radius 3 is 3.00 bits per heavy atom. The lowest BCUT2D eigenvalue weighted by Gasteiger charge is -2.32. The van der Waals surface area contributed by atoms with E-state index in [1.165, 1.54) is 0 Å². The summed E-state index contributed by atoms with van der Waals surface area (Å²) in [5, 5.41) is 4.30. The molecule has 1 atom stereocenters. The summed E-state index contributed by atoms with van der Waals surface area (Å²) in [7, 11) is 3.60. The van der Waals surface area contributed by atoms with E-state index in [0.717, 1.165) is 17.0 Å². The molecular formula is C15H19N3O3. The van der Waals surface area contributed by atoms with Crippen LogP contribution in [0.15, 0.2) is 22.7 Å². The fraction of sp³-hybridized carbons (Fsp3) is 0.467. The maximum atomic E-state index is 12.5. The van der Waals surface area contributed by atoms with Crippen LogP contribution in [-0.2, 0) is 18.3 Å². The highest BCUT2D eigenvalue weighted by molar-refractivity contribution is 5.91. The smallest absolute Gasteiger partial charge is 0.289 e. The second kappa shape index (κ2) is 5.37. The zero-order valence-corrected chi connectivity index (χ0v) is 12.5. The number of amides is 1. The third-order valence-electron chi connectivity index (χ3n) is 3.86. The quantitative estimate of drug-likeness (QED) is 0.863. The van der Waals surface area contributed by atoms with Crippen LogP contribution in [0.5, 0.6) is 0 Å². The molecule has 112 valence electrons. The average molecular weight is 289 g/mol. The van der Waals surface area contributed by atoms with E-state index in [0.29, 0.717) is 25.5 Å². The van der Waals surface area contributed by atoms with Gasteiger partial charge >= 0.3 is 0 Å². The van der Waals surface area contributed by atoms with Crippen molar-refractivity contribution in [1.82, 2.24) is 14.7 Å². The summed E-state index contributed by atoms with van der Waals surface area (Å²) in [5.41, 5.74) is 2.22. The number of furan rings is 1. The average Bonchev–Trinajstić information content (AvgIpc) is 3.05. The normalized spacial score (nSPS) is 17.9. The number of carbonyl (C=O) groups excluding carboxylic acids is 1. The molecule has 2 aromatic heterocycles. The number of carbonyl (C=O) groups is 1. The third kappa shape index (κ3) is 2.47. The van der Waals surface area contributed by atoms with Crippen molar-refractivity contribution < 1.29 is 13.9 Å². The van der Waals surface area contributed by atoms with Crippen molar-refractivity contribution in [3.63, 3.8) is 0 Å². The molecule has 1 aliphatic rings. The maximum absolute atomic E-state index is 12.5. The minimum absolute atomic E-state index is 0.0845. The molecule has 0 unspecified atom stereocenters. The highest BCUT2D eigenvalue weighted by Gasteiger charge is 2.32. The predicted molar refractivity (Wildman–Crippen MR) is 76.0 cm³/mol. The van der Waals surface area contributed by atoms with Gasteiger partial charge < -0.3 is 14.1 Å². The zero-order chi connectivity index (χ0) is 15.0. The van der Waals surface area contributed by atoms with E-state index in [-0.39, 0.29) is 11.8 Å². The highest BCUT2D eigenvalue weighted by atomic mass is 16.5. The lowest BCUT2D eigenvalue weighted by molar-refractivity contribution is 0.0643. The van der Waals surface area contributed by atoms with Crippen LogP contribution >= 0.6 is 0 Å². The van der Waals surface area contributed by atoms with Crippen molar-refractivity contribution in [2.45, 2.75) is 19.4 Å². The van der Waals surface area contributed by atoms with Crippen molar-refractivity contribution in [3.8, 4) is 0 Å². The van der Waals surface area contributed by atoms with Crippen LogP contribution in [0, 0.1) is 6.92 Å². The van der Waals surface area contributed by atoms with E-state index >= 15 is 0 Å². The monoisotopic (exact) mass is 289 g/mol. The van der Waals surface area contributed by atoms with Crippen molar-refractivity contribution in [3.05, 3.63) is 41.1 Å². The van der Waals surface area contributed by atoms with Gasteiger partial charge in [0.15, 0.2) is 5.76 Å². The Hall–Kier alpha value is -2.08. The Kier molecular flexibility index (Phi) is 3.55. The molecule has 0 saturated carbocycles. The van der Waals surface area contributed by atoms with E-state index < -0.39 is 0 Å². The number of methoxy groups -OCH3 is 1. The lowest BCUT2D eigenvalue weighted by atomic mass is 9.96. The molecule has 0 aromatic carbocycles. The van der Waals surface area contributed by atoms with Crippen LogP contribution in [0.2, 0.25) is 0 Å². The molecule has 1 aliphatic heterocycles. The molecule has 0 bridgehead atoms. The Bertz CT molecular complexity index is 659. The first-order chi connectivity index (χ1) is 10.1. The van der Waals surface area contributed by atoms with Gasteiger partial charge in [-0.2, -0.15) is 5.10 Å². The van der Waals surface area contributed by atoms with Gasteiger partial charge in [0.2, 0.25) is 0 Å². The molecule has 0 saturated heterocycles. The number of aromatic nitrogens is 2. The summed E-state index contributed by atoms with van der Waals surface area (Å²) < 4.78 is 12.6. The van der Waals surface area contributed by atoms with Crippen LogP contribution in [0.4, 0.5) is 0 Å². The van der Waals surface area contributed by atoms with Crippen LogP contribution in [0.3, 0.4) is 0 Å². The molecular weight excluding hydrogens is 270 g/mol. The first kappa shape index (κ1) is 13.9. The summed E-state index contributed by atoms with van der Waals surface area (Å²) in [6, 6.07) is 3.53. The molecule has 3 rings (SSSR count). The molecule has 0 fully saturated rings. The summed E-state index contributed by atoms with van der Waals surface area (Å²) >= 11 is 0. The van der Waals surface area contributed by atoms with Gasteiger partial charge in [-0.15, -0.1) is 0 Å². The molecule has 6 heteroatoms. The molecule has 0 N–H and O–H groups in total. The lowest BCUT2D eigenvalue weighted by Crippen LogP contribution is -2.39. The number of hydrogen-bond acceptors (Lipinski definition) is 4. The zero-order valence-electron chi connectivity index (χ0n) is 12.5. The number of nitrogens with zero attached hydrogens (tertiary/aromatic N) is 3. The minimum Gasteiger partial charge on any atom is -0.456 e. The molecule has 1 amide bonds. The first-order valence-electron chi connectivity index (χ1n) is 6.95. The first-order valence-corrected chi connectivity index (χ1v) is 6.95. The van der Waals surface area contributed by atoms with Gasteiger partial charge in [-0.1, -0.05) is 0 Å². The third-order valence-corrected chi connectivity index (χ3v) is 3.86. The number of rotatable bonds is 3. The van der Waals surface area contributed by atoms with Gasteiger partial charge in [0.25, 0.3) is 5.91 Å². The summed E-state index contributed by atoms with van der Waals surface area (Å²) in [4.78, 5) is 14.3.